The molecule has 0 unspecified atom stereocenters. The molecule has 5 rings (SSSR count). The highest BCUT2D eigenvalue weighted by Crippen LogP contribution is 2.39. The Hall–Kier alpha value is -3.88. The van der Waals surface area contributed by atoms with E-state index in [-0.39, 0.29) is 30.4 Å². The highest BCUT2D eigenvalue weighted by atomic mass is 16.3. The van der Waals surface area contributed by atoms with Gasteiger partial charge in [-0.2, -0.15) is 10.2 Å². The third kappa shape index (κ3) is 3.45. The van der Waals surface area contributed by atoms with Crippen LogP contribution in [0.1, 0.15) is 35.1 Å². The van der Waals surface area contributed by atoms with Crippen molar-refractivity contribution >= 4 is 5.91 Å². The molecule has 1 fully saturated rings. The molecule has 152 valence electrons. The van der Waals surface area contributed by atoms with Crippen LogP contribution < -0.4 is 11.0 Å². The molecule has 0 saturated heterocycles. The van der Waals surface area contributed by atoms with Crippen molar-refractivity contribution in [3.8, 4) is 17.1 Å². The van der Waals surface area contributed by atoms with Gasteiger partial charge in [-0.3, -0.25) is 9.89 Å². The van der Waals surface area contributed by atoms with Gasteiger partial charge >= 0.3 is 5.69 Å². The fraction of sp³-hybridized carbons (Fsp3) is 0.238. The van der Waals surface area contributed by atoms with Gasteiger partial charge in [0.1, 0.15) is 11.5 Å². The SMILES string of the molecule is O=C(NCCn1nc(C2CC2)n(-c2ccccc2)c1=O)c1cc(-c2ccco2)[nH]n1. The molecule has 3 aromatic heterocycles. The standard InChI is InChI=1S/C21H20N6O3/c28-20(17-13-16(23-24-17)18-7-4-12-30-18)22-10-11-26-21(29)27(15-5-2-1-3-6-15)19(25-26)14-8-9-14/h1-7,12-14H,8-11H2,(H,22,28)(H,23,24). The fourth-order valence-electron chi connectivity index (χ4n) is 3.36. The molecule has 1 saturated carbocycles. The predicted octanol–water partition coefficient (Wildman–Crippen LogP) is 2.32. The summed E-state index contributed by atoms with van der Waals surface area (Å²) in [4.78, 5) is 25.3. The lowest BCUT2D eigenvalue weighted by molar-refractivity contribution is 0.0946. The van der Waals surface area contributed by atoms with Crippen molar-refractivity contribution < 1.29 is 9.21 Å². The summed E-state index contributed by atoms with van der Waals surface area (Å²) < 4.78 is 8.37. The molecule has 9 heteroatoms. The summed E-state index contributed by atoms with van der Waals surface area (Å²) in [7, 11) is 0. The van der Waals surface area contributed by atoms with Crippen LogP contribution in [0.5, 0.6) is 0 Å². The zero-order valence-electron chi connectivity index (χ0n) is 16.1. The van der Waals surface area contributed by atoms with E-state index in [1.54, 1.807) is 29.0 Å². The van der Waals surface area contributed by atoms with Gasteiger partial charge in [-0.25, -0.2) is 14.0 Å². The number of para-hydroxylation sites is 1. The van der Waals surface area contributed by atoms with Crippen molar-refractivity contribution in [1.29, 1.82) is 0 Å². The Labute approximate surface area is 171 Å². The van der Waals surface area contributed by atoms with E-state index in [1.165, 1.54) is 4.68 Å². The number of carbonyl (C=O) groups excluding carboxylic acids is 1. The summed E-state index contributed by atoms with van der Waals surface area (Å²) in [6.07, 6.45) is 3.63. The average Bonchev–Trinajstić information content (AvgIpc) is 3.16. The second-order valence-electron chi connectivity index (χ2n) is 7.21. The van der Waals surface area contributed by atoms with Gasteiger partial charge in [0, 0.05) is 18.5 Å². The maximum absolute atomic E-state index is 12.9. The lowest BCUT2D eigenvalue weighted by Gasteiger charge is -2.03. The van der Waals surface area contributed by atoms with Crippen LogP contribution >= 0.6 is 0 Å². The first-order valence-corrected chi connectivity index (χ1v) is 9.83. The van der Waals surface area contributed by atoms with Crippen molar-refractivity contribution in [2.24, 2.45) is 0 Å². The molecule has 0 atom stereocenters. The lowest BCUT2D eigenvalue weighted by Crippen LogP contribution is -2.32. The molecule has 1 aliphatic carbocycles. The molecule has 0 aliphatic heterocycles. The minimum atomic E-state index is -0.331. The molecular formula is C21H20N6O3. The number of aromatic nitrogens is 5. The van der Waals surface area contributed by atoms with Crippen LogP contribution in [0, 0.1) is 0 Å². The number of aromatic amines is 1. The van der Waals surface area contributed by atoms with E-state index in [2.05, 4.69) is 20.6 Å². The van der Waals surface area contributed by atoms with Gasteiger partial charge in [-0.05, 0) is 37.1 Å². The van der Waals surface area contributed by atoms with Gasteiger partial charge in [0.2, 0.25) is 0 Å². The number of benzene rings is 1. The molecular weight excluding hydrogens is 384 g/mol. The lowest BCUT2D eigenvalue weighted by atomic mass is 10.3. The van der Waals surface area contributed by atoms with Gasteiger partial charge in [0.15, 0.2) is 11.5 Å². The van der Waals surface area contributed by atoms with Crippen molar-refractivity contribution in [1.82, 2.24) is 29.9 Å². The highest BCUT2D eigenvalue weighted by molar-refractivity contribution is 5.93. The maximum atomic E-state index is 12.9. The molecule has 9 nitrogen and oxygen atoms in total. The Morgan fingerprint density at radius 1 is 1.20 bits per heavy atom. The summed E-state index contributed by atoms with van der Waals surface area (Å²) in [6.45, 7) is 0.539. The van der Waals surface area contributed by atoms with Crippen LogP contribution in [-0.2, 0) is 6.54 Å². The molecule has 3 heterocycles. The van der Waals surface area contributed by atoms with Crippen LogP contribution in [0.3, 0.4) is 0 Å². The van der Waals surface area contributed by atoms with E-state index in [0.29, 0.717) is 17.4 Å². The van der Waals surface area contributed by atoms with Crippen LogP contribution in [-0.4, -0.2) is 37.0 Å². The molecule has 0 spiro atoms. The number of nitrogens with zero attached hydrogens (tertiary/aromatic N) is 4. The van der Waals surface area contributed by atoms with E-state index in [9.17, 15) is 9.59 Å². The van der Waals surface area contributed by atoms with Gasteiger partial charge in [-0.1, -0.05) is 18.2 Å². The number of hydrogen-bond acceptors (Lipinski definition) is 5. The largest absolute Gasteiger partial charge is 0.463 e. The Balaban J connectivity index is 1.28. The van der Waals surface area contributed by atoms with Crippen molar-refractivity contribution in [2.75, 3.05) is 6.54 Å². The predicted molar refractivity (Wildman–Crippen MR) is 108 cm³/mol. The molecule has 1 amide bonds. The average molecular weight is 404 g/mol. The topological polar surface area (TPSA) is 111 Å². The summed E-state index contributed by atoms with van der Waals surface area (Å²) in [5.41, 5.74) is 1.48. The monoisotopic (exact) mass is 404 g/mol. The van der Waals surface area contributed by atoms with Gasteiger partial charge in [-0.15, -0.1) is 0 Å². The van der Waals surface area contributed by atoms with Gasteiger partial charge in [0.05, 0.1) is 18.5 Å². The van der Waals surface area contributed by atoms with E-state index < -0.39 is 0 Å². The smallest absolute Gasteiger partial charge is 0.350 e. The van der Waals surface area contributed by atoms with E-state index in [4.69, 9.17) is 4.42 Å². The minimum Gasteiger partial charge on any atom is -0.463 e. The van der Waals surface area contributed by atoms with Gasteiger partial charge < -0.3 is 9.73 Å². The molecule has 0 radical (unpaired) electrons. The third-order valence-electron chi connectivity index (χ3n) is 5.03. The number of rotatable bonds is 7. The number of amides is 1. The van der Waals surface area contributed by atoms with Crippen LogP contribution in [0.4, 0.5) is 0 Å². The van der Waals surface area contributed by atoms with Gasteiger partial charge in [0.25, 0.3) is 5.91 Å². The molecule has 4 aromatic rings. The minimum absolute atomic E-state index is 0.197. The zero-order chi connectivity index (χ0) is 20.5. The normalized spacial score (nSPS) is 13.5. The molecule has 1 aliphatic rings. The number of nitrogens with one attached hydrogen (secondary N) is 2. The van der Waals surface area contributed by atoms with Crippen molar-refractivity contribution in [2.45, 2.75) is 25.3 Å². The first kappa shape index (κ1) is 18.2. The van der Waals surface area contributed by atoms with Crippen LogP contribution in [0.25, 0.3) is 17.1 Å². The molecule has 1 aromatic carbocycles. The fourth-order valence-corrected chi connectivity index (χ4v) is 3.36. The van der Waals surface area contributed by atoms with Crippen molar-refractivity contribution in [3.05, 3.63) is 76.8 Å². The van der Waals surface area contributed by atoms with Crippen LogP contribution in [0.2, 0.25) is 0 Å². The highest BCUT2D eigenvalue weighted by Gasteiger charge is 2.31. The number of carbonyl (C=O) groups is 1. The third-order valence-corrected chi connectivity index (χ3v) is 5.03. The zero-order valence-corrected chi connectivity index (χ0v) is 16.1. The second-order valence-corrected chi connectivity index (χ2v) is 7.21. The first-order chi connectivity index (χ1) is 14.7. The Bertz CT molecular complexity index is 1220. The Kier molecular flexibility index (Phi) is 4.55. The molecule has 0 bridgehead atoms. The van der Waals surface area contributed by atoms with E-state index in [1.807, 2.05) is 30.3 Å². The maximum Gasteiger partial charge on any atom is 0.350 e. The van der Waals surface area contributed by atoms with Crippen LogP contribution in [0.15, 0.2) is 64.0 Å². The Morgan fingerprint density at radius 3 is 2.77 bits per heavy atom. The molecule has 2 N–H and O–H groups in total. The quantitative estimate of drug-likeness (QED) is 0.491. The summed E-state index contributed by atoms with van der Waals surface area (Å²) in [5.74, 6) is 1.37. The van der Waals surface area contributed by atoms with E-state index >= 15 is 0 Å². The first-order valence-electron chi connectivity index (χ1n) is 9.83. The summed E-state index contributed by atoms with van der Waals surface area (Å²) >= 11 is 0. The van der Waals surface area contributed by atoms with Crippen molar-refractivity contribution in [3.63, 3.8) is 0 Å². The molecule has 30 heavy (non-hydrogen) atoms. The number of furan rings is 1. The second kappa shape index (κ2) is 7.51. The summed E-state index contributed by atoms with van der Waals surface area (Å²) in [6, 6.07) is 14.7. The Morgan fingerprint density at radius 2 is 2.03 bits per heavy atom. The van der Waals surface area contributed by atoms with E-state index in [0.717, 1.165) is 24.4 Å². The number of hydrogen-bond donors (Lipinski definition) is 2. The summed E-state index contributed by atoms with van der Waals surface area (Å²) in [5, 5.41) is 14.1. The number of H-pyrrole nitrogens is 1.